The maximum absolute atomic E-state index is 13.1. The van der Waals surface area contributed by atoms with E-state index >= 15 is 0 Å². The fourth-order valence-corrected chi connectivity index (χ4v) is 3.73. The van der Waals surface area contributed by atoms with Crippen LogP contribution in [0.5, 0.6) is 0 Å². The molecule has 1 fully saturated rings. The molecule has 1 aromatic carbocycles. The smallest absolute Gasteiger partial charge is 0.251 e. The summed E-state index contributed by atoms with van der Waals surface area (Å²) in [5, 5.41) is 15.7. The van der Waals surface area contributed by atoms with Crippen molar-refractivity contribution in [3.63, 3.8) is 0 Å². The van der Waals surface area contributed by atoms with E-state index < -0.39 is 0 Å². The van der Waals surface area contributed by atoms with Crippen molar-refractivity contribution in [2.45, 2.75) is 45.2 Å². The normalized spacial score (nSPS) is 14.0. The summed E-state index contributed by atoms with van der Waals surface area (Å²) in [4.78, 5) is 28.3. The first-order chi connectivity index (χ1) is 15.0. The SMILES string of the molecule is Cc1ccc(-c2nnn(CC(=O)N(CC(=O)NC3CCCC3)c3ccc(Cl)cc3)n2)o1. The van der Waals surface area contributed by atoms with Gasteiger partial charge in [0.05, 0.1) is 0 Å². The van der Waals surface area contributed by atoms with Gasteiger partial charge in [0.1, 0.15) is 18.8 Å². The van der Waals surface area contributed by atoms with E-state index in [1.54, 1.807) is 36.4 Å². The lowest BCUT2D eigenvalue weighted by molar-refractivity contribution is -0.124. The third kappa shape index (κ3) is 5.29. The molecule has 3 aromatic rings. The number of rotatable bonds is 7. The number of benzene rings is 1. The van der Waals surface area contributed by atoms with Crippen LogP contribution in [0.2, 0.25) is 5.02 Å². The van der Waals surface area contributed by atoms with Gasteiger partial charge < -0.3 is 14.6 Å². The van der Waals surface area contributed by atoms with Crippen LogP contribution in [0.3, 0.4) is 0 Å². The third-order valence-corrected chi connectivity index (χ3v) is 5.40. The van der Waals surface area contributed by atoms with Gasteiger partial charge in [0.25, 0.3) is 5.91 Å². The van der Waals surface area contributed by atoms with Crippen molar-refractivity contribution in [2.75, 3.05) is 11.4 Å². The molecule has 0 bridgehead atoms. The Labute approximate surface area is 184 Å². The molecule has 1 aliphatic carbocycles. The predicted molar refractivity (Wildman–Crippen MR) is 114 cm³/mol. The van der Waals surface area contributed by atoms with E-state index in [1.807, 2.05) is 6.92 Å². The molecule has 0 unspecified atom stereocenters. The number of halogens is 1. The minimum absolute atomic E-state index is 0.101. The zero-order chi connectivity index (χ0) is 21.8. The van der Waals surface area contributed by atoms with E-state index in [9.17, 15) is 9.59 Å². The fraction of sp³-hybridized carbons (Fsp3) is 0.381. The molecule has 1 saturated carbocycles. The number of nitrogens with one attached hydrogen (secondary N) is 1. The first-order valence-electron chi connectivity index (χ1n) is 10.2. The van der Waals surface area contributed by atoms with Crippen LogP contribution in [0.15, 0.2) is 40.8 Å². The molecule has 0 spiro atoms. The topological polar surface area (TPSA) is 106 Å². The van der Waals surface area contributed by atoms with Gasteiger partial charge in [0.15, 0.2) is 5.76 Å². The highest BCUT2D eigenvalue weighted by molar-refractivity contribution is 6.30. The molecule has 1 aliphatic rings. The Hall–Kier alpha value is -3.20. The Balaban J connectivity index is 1.48. The van der Waals surface area contributed by atoms with E-state index in [0.717, 1.165) is 31.4 Å². The lowest BCUT2D eigenvalue weighted by Crippen LogP contribution is -2.44. The van der Waals surface area contributed by atoms with Crippen LogP contribution < -0.4 is 10.2 Å². The first kappa shape index (κ1) is 21.0. The van der Waals surface area contributed by atoms with Gasteiger partial charge in [-0.1, -0.05) is 24.4 Å². The molecule has 1 N–H and O–H groups in total. The number of furan rings is 1. The molecular formula is C21H23ClN6O3. The van der Waals surface area contributed by atoms with Crippen molar-refractivity contribution < 1.29 is 14.0 Å². The summed E-state index contributed by atoms with van der Waals surface area (Å²) < 4.78 is 5.49. The minimum Gasteiger partial charge on any atom is -0.458 e. The molecule has 2 heterocycles. The number of tetrazole rings is 1. The molecule has 0 atom stereocenters. The van der Waals surface area contributed by atoms with Gasteiger partial charge in [-0.25, -0.2) is 0 Å². The average Bonchev–Trinajstić information content (AvgIpc) is 3.49. The summed E-state index contributed by atoms with van der Waals surface area (Å²) in [7, 11) is 0. The summed E-state index contributed by atoms with van der Waals surface area (Å²) in [5.41, 5.74) is 0.568. The molecular weight excluding hydrogens is 420 g/mol. The number of nitrogens with zero attached hydrogens (tertiary/aromatic N) is 5. The van der Waals surface area contributed by atoms with Crippen LogP contribution in [0.25, 0.3) is 11.6 Å². The highest BCUT2D eigenvalue weighted by atomic mass is 35.5. The van der Waals surface area contributed by atoms with Crippen molar-refractivity contribution in [1.82, 2.24) is 25.5 Å². The molecule has 10 heteroatoms. The van der Waals surface area contributed by atoms with E-state index in [-0.39, 0.29) is 36.8 Å². The molecule has 0 saturated heterocycles. The lowest BCUT2D eigenvalue weighted by Gasteiger charge is -2.23. The Morgan fingerprint density at radius 1 is 1.19 bits per heavy atom. The molecule has 31 heavy (non-hydrogen) atoms. The van der Waals surface area contributed by atoms with Gasteiger partial charge in [-0.05, 0) is 61.4 Å². The van der Waals surface area contributed by atoms with Crippen molar-refractivity contribution in [2.24, 2.45) is 0 Å². The van der Waals surface area contributed by atoms with E-state index in [0.29, 0.717) is 16.5 Å². The van der Waals surface area contributed by atoms with Gasteiger partial charge in [-0.3, -0.25) is 9.59 Å². The van der Waals surface area contributed by atoms with Crippen LogP contribution in [-0.4, -0.2) is 44.6 Å². The molecule has 2 amide bonds. The number of anilines is 1. The monoisotopic (exact) mass is 442 g/mol. The average molecular weight is 443 g/mol. The van der Waals surface area contributed by atoms with Gasteiger partial charge in [0, 0.05) is 16.8 Å². The first-order valence-corrected chi connectivity index (χ1v) is 10.6. The van der Waals surface area contributed by atoms with Crippen molar-refractivity contribution in [1.29, 1.82) is 0 Å². The number of aryl methyl sites for hydroxylation is 1. The molecule has 9 nitrogen and oxygen atoms in total. The maximum atomic E-state index is 13.1. The van der Waals surface area contributed by atoms with E-state index in [4.69, 9.17) is 16.0 Å². The Kier molecular flexibility index (Phi) is 6.31. The molecule has 0 radical (unpaired) electrons. The van der Waals surface area contributed by atoms with Crippen molar-refractivity contribution in [3.05, 3.63) is 47.2 Å². The van der Waals surface area contributed by atoms with Crippen LogP contribution in [-0.2, 0) is 16.1 Å². The zero-order valence-electron chi connectivity index (χ0n) is 17.1. The third-order valence-electron chi connectivity index (χ3n) is 5.15. The molecule has 2 aromatic heterocycles. The number of amides is 2. The van der Waals surface area contributed by atoms with Gasteiger partial charge >= 0.3 is 0 Å². The standard InChI is InChI=1S/C21H23ClN6O3/c1-14-6-11-18(31-14)21-24-26-28(25-21)13-20(30)27(17-9-7-15(22)8-10-17)12-19(29)23-16-4-2-3-5-16/h6-11,16H,2-5,12-13H2,1H3,(H,23,29). The summed E-state index contributed by atoms with van der Waals surface area (Å²) in [6.07, 6.45) is 4.16. The molecule has 4 rings (SSSR count). The number of carbonyl (C=O) groups is 2. The van der Waals surface area contributed by atoms with Crippen LogP contribution >= 0.6 is 11.6 Å². The maximum Gasteiger partial charge on any atom is 0.251 e. The van der Waals surface area contributed by atoms with E-state index in [1.165, 1.54) is 9.70 Å². The second-order valence-corrected chi connectivity index (χ2v) is 8.00. The Morgan fingerprint density at radius 3 is 2.61 bits per heavy atom. The predicted octanol–water partition coefficient (Wildman–Crippen LogP) is 2.99. The van der Waals surface area contributed by atoms with Gasteiger partial charge in [-0.15, -0.1) is 10.2 Å². The van der Waals surface area contributed by atoms with Crippen LogP contribution in [0, 0.1) is 6.92 Å². The molecule has 162 valence electrons. The quantitative estimate of drug-likeness (QED) is 0.602. The van der Waals surface area contributed by atoms with Crippen molar-refractivity contribution in [3.8, 4) is 11.6 Å². The van der Waals surface area contributed by atoms with Gasteiger partial charge in [-0.2, -0.15) is 4.80 Å². The Morgan fingerprint density at radius 2 is 1.94 bits per heavy atom. The largest absolute Gasteiger partial charge is 0.458 e. The number of carbonyl (C=O) groups excluding carboxylic acids is 2. The number of hydrogen-bond acceptors (Lipinski definition) is 6. The van der Waals surface area contributed by atoms with Gasteiger partial charge in [0.2, 0.25) is 11.7 Å². The Bertz CT molecular complexity index is 1060. The fourth-order valence-electron chi connectivity index (χ4n) is 3.60. The number of hydrogen-bond donors (Lipinski definition) is 1. The minimum atomic E-state index is -0.344. The number of aromatic nitrogens is 4. The van der Waals surface area contributed by atoms with E-state index in [2.05, 4.69) is 20.7 Å². The van der Waals surface area contributed by atoms with Crippen LogP contribution in [0.4, 0.5) is 5.69 Å². The molecule has 0 aliphatic heterocycles. The highest BCUT2D eigenvalue weighted by Crippen LogP contribution is 2.21. The summed E-state index contributed by atoms with van der Waals surface area (Å²) in [6.45, 7) is 1.54. The second-order valence-electron chi connectivity index (χ2n) is 7.56. The zero-order valence-corrected chi connectivity index (χ0v) is 17.9. The highest BCUT2D eigenvalue weighted by Gasteiger charge is 2.24. The lowest BCUT2D eigenvalue weighted by atomic mass is 10.2. The van der Waals surface area contributed by atoms with Crippen LogP contribution in [0.1, 0.15) is 31.4 Å². The second kappa shape index (κ2) is 9.30. The summed E-state index contributed by atoms with van der Waals surface area (Å²) in [5.74, 6) is 0.946. The summed E-state index contributed by atoms with van der Waals surface area (Å²) in [6, 6.07) is 10.5. The summed E-state index contributed by atoms with van der Waals surface area (Å²) >= 11 is 5.98. The van der Waals surface area contributed by atoms with Crippen molar-refractivity contribution >= 4 is 29.1 Å².